The number of carbonyl (C=O) groups excluding carboxylic acids is 1. The number of carboxylic acids is 1. The largest absolute Gasteiger partial charge is 0.507 e. The standard InChI is InChI=1S/C11H13NO4/c1-6-3-4-8(7(2)11(6)16)12-9(13)5-10(14)15/h3-4,16H,5H2,1-2H3,(H,12,13)(H,14,15). The summed E-state index contributed by atoms with van der Waals surface area (Å²) in [6.45, 7) is 3.39. The van der Waals surface area contributed by atoms with Crippen LogP contribution in [0.2, 0.25) is 0 Å². The molecule has 0 saturated heterocycles. The van der Waals surface area contributed by atoms with E-state index in [0.717, 1.165) is 0 Å². The lowest BCUT2D eigenvalue weighted by Gasteiger charge is -2.10. The zero-order valence-electron chi connectivity index (χ0n) is 9.07. The average molecular weight is 223 g/mol. The van der Waals surface area contributed by atoms with Crippen LogP contribution in [0.3, 0.4) is 0 Å². The minimum atomic E-state index is -1.19. The molecule has 0 aromatic heterocycles. The highest BCUT2D eigenvalue weighted by Crippen LogP contribution is 2.27. The Morgan fingerprint density at radius 3 is 2.50 bits per heavy atom. The van der Waals surface area contributed by atoms with Gasteiger partial charge in [0.25, 0.3) is 0 Å². The summed E-state index contributed by atoms with van der Waals surface area (Å²) in [5.41, 5.74) is 1.65. The molecular weight excluding hydrogens is 210 g/mol. The smallest absolute Gasteiger partial charge is 0.312 e. The number of phenolic OH excluding ortho intramolecular Hbond substituents is 1. The normalized spacial score (nSPS) is 9.88. The Morgan fingerprint density at radius 2 is 1.94 bits per heavy atom. The fourth-order valence-corrected chi connectivity index (χ4v) is 1.30. The molecule has 1 aromatic rings. The number of aromatic hydroxyl groups is 1. The number of rotatable bonds is 3. The number of hydrogen-bond acceptors (Lipinski definition) is 3. The summed E-state index contributed by atoms with van der Waals surface area (Å²) in [5.74, 6) is -1.70. The van der Waals surface area contributed by atoms with Crippen LogP contribution in [0.25, 0.3) is 0 Å². The Kier molecular flexibility index (Phi) is 3.50. The molecule has 1 amide bonds. The van der Waals surface area contributed by atoms with Gasteiger partial charge in [-0.1, -0.05) is 6.07 Å². The fourth-order valence-electron chi connectivity index (χ4n) is 1.30. The Labute approximate surface area is 92.7 Å². The van der Waals surface area contributed by atoms with E-state index >= 15 is 0 Å². The number of carboxylic acid groups (broad SMARTS) is 1. The van der Waals surface area contributed by atoms with E-state index in [-0.39, 0.29) is 5.75 Å². The maximum Gasteiger partial charge on any atom is 0.312 e. The third-order valence-corrected chi connectivity index (χ3v) is 2.22. The number of aryl methyl sites for hydroxylation is 1. The third-order valence-electron chi connectivity index (χ3n) is 2.22. The van der Waals surface area contributed by atoms with Gasteiger partial charge < -0.3 is 15.5 Å². The van der Waals surface area contributed by atoms with Crippen molar-refractivity contribution < 1.29 is 19.8 Å². The minimum absolute atomic E-state index is 0.105. The number of aliphatic carboxylic acids is 1. The van der Waals surface area contributed by atoms with Crippen LogP contribution < -0.4 is 5.32 Å². The number of benzene rings is 1. The van der Waals surface area contributed by atoms with E-state index in [9.17, 15) is 14.7 Å². The molecule has 3 N–H and O–H groups in total. The number of anilines is 1. The van der Waals surface area contributed by atoms with Crippen molar-refractivity contribution in [2.75, 3.05) is 5.32 Å². The molecule has 0 bridgehead atoms. The van der Waals surface area contributed by atoms with Gasteiger partial charge in [0, 0.05) is 11.3 Å². The molecule has 0 unspecified atom stereocenters. The first kappa shape index (κ1) is 12.0. The monoisotopic (exact) mass is 223 g/mol. The van der Waals surface area contributed by atoms with Gasteiger partial charge in [0.15, 0.2) is 0 Å². The van der Waals surface area contributed by atoms with Crippen LogP contribution in [-0.4, -0.2) is 22.1 Å². The first-order valence-corrected chi connectivity index (χ1v) is 4.72. The lowest BCUT2D eigenvalue weighted by molar-refractivity contribution is -0.139. The highest BCUT2D eigenvalue weighted by atomic mass is 16.4. The van der Waals surface area contributed by atoms with Crippen molar-refractivity contribution in [3.63, 3.8) is 0 Å². The SMILES string of the molecule is Cc1ccc(NC(=O)CC(=O)O)c(C)c1O. The van der Waals surface area contributed by atoms with Crippen molar-refractivity contribution in [3.05, 3.63) is 23.3 Å². The second-order valence-corrected chi connectivity index (χ2v) is 3.52. The number of hydrogen-bond donors (Lipinski definition) is 3. The van der Waals surface area contributed by atoms with E-state index in [4.69, 9.17) is 5.11 Å². The van der Waals surface area contributed by atoms with Crippen LogP contribution in [0.1, 0.15) is 17.5 Å². The summed E-state index contributed by atoms with van der Waals surface area (Å²) in [7, 11) is 0. The molecule has 0 aliphatic heterocycles. The van der Waals surface area contributed by atoms with E-state index < -0.39 is 18.3 Å². The van der Waals surface area contributed by atoms with Gasteiger partial charge in [-0.25, -0.2) is 0 Å². The molecule has 0 spiro atoms. The van der Waals surface area contributed by atoms with Gasteiger partial charge in [-0.05, 0) is 25.5 Å². The summed E-state index contributed by atoms with van der Waals surface area (Å²) in [4.78, 5) is 21.5. The highest BCUT2D eigenvalue weighted by molar-refractivity contribution is 6.01. The van der Waals surface area contributed by atoms with Crippen LogP contribution in [0, 0.1) is 13.8 Å². The predicted octanol–water partition coefficient (Wildman–Crippen LogP) is 1.42. The summed E-state index contributed by atoms with van der Waals surface area (Å²) < 4.78 is 0. The van der Waals surface area contributed by atoms with E-state index in [1.807, 2.05) is 0 Å². The minimum Gasteiger partial charge on any atom is -0.507 e. The van der Waals surface area contributed by atoms with Gasteiger partial charge in [0.05, 0.1) is 0 Å². The summed E-state index contributed by atoms with van der Waals surface area (Å²) in [5, 5.41) is 20.5. The lowest BCUT2D eigenvalue weighted by atomic mass is 10.1. The first-order valence-electron chi connectivity index (χ1n) is 4.72. The van der Waals surface area contributed by atoms with Gasteiger partial charge in [0.1, 0.15) is 12.2 Å². The van der Waals surface area contributed by atoms with Gasteiger partial charge >= 0.3 is 5.97 Å². The zero-order chi connectivity index (χ0) is 12.3. The summed E-state index contributed by atoms with van der Waals surface area (Å²) >= 11 is 0. The molecule has 0 fully saturated rings. The van der Waals surface area contributed by atoms with Gasteiger partial charge in [-0.15, -0.1) is 0 Å². The Hall–Kier alpha value is -2.04. The van der Waals surface area contributed by atoms with Gasteiger partial charge in [-0.3, -0.25) is 9.59 Å². The zero-order valence-corrected chi connectivity index (χ0v) is 9.07. The number of carbonyl (C=O) groups is 2. The molecule has 1 rings (SSSR count). The quantitative estimate of drug-likeness (QED) is 0.676. The summed E-state index contributed by atoms with van der Waals surface area (Å²) in [6.07, 6.45) is -0.589. The lowest BCUT2D eigenvalue weighted by Crippen LogP contribution is -2.16. The van der Waals surface area contributed by atoms with Crippen molar-refractivity contribution in [2.45, 2.75) is 20.3 Å². The fraction of sp³-hybridized carbons (Fsp3) is 0.273. The van der Waals surface area contributed by atoms with Crippen LogP contribution in [0.5, 0.6) is 5.75 Å². The number of amides is 1. The van der Waals surface area contributed by atoms with Crippen LogP contribution in [0.15, 0.2) is 12.1 Å². The van der Waals surface area contributed by atoms with Crippen molar-refractivity contribution in [3.8, 4) is 5.75 Å². The van der Waals surface area contributed by atoms with Crippen molar-refractivity contribution in [1.82, 2.24) is 0 Å². The molecule has 5 nitrogen and oxygen atoms in total. The van der Waals surface area contributed by atoms with E-state index in [1.165, 1.54) is 0 Å². The molecule has 5 heteroatoms. The van der Waals surface area contributed by atoms with Crippen molar-refractivity contribution >= 4 is 17.6 Å². The second kappa shape index (κ2) is 4.65. The Morgan fingerprint density at radius 1 is 1.31 bits per heavy atom. The van der Waals surface area contributed by atoms with Crippen LogP contribution >= 0.6 is 0 Å². The average Bonchev–Trinajstić information content (AvgIpc) is 2.18. The second-order valence-electron chi connectivity index (χ2n) is 3.52. The molecule has 16 heavy (non-hydrogen) atoms. The number of nitrogens with one attached hydrogen (secondary N) is 1. The van der Waals surface area contributed by atoms with Gasteiger partial charge in [-0.2, -0.15) is 0 Å². The highest BCUT2D eigenvalue weighted by Gasteiger charge is 2.11. The molecule has 0 aliphatic rings. The molecule has 86 valence electrons. The molecule has 0 aliphatic carbocycles. The number of phenols is 1. The Bertz CT molecular complexity index is 440. The maximum atomic E-state index is 11.2. The third kappa shape index (κ3) is 2.73. The maximum absolute atomic E-state index is 11.2. The van der Waals surface area contributed by atoms with E-state index in [2.05, 4.69) is 5.32 Å². The van der Waals surface area contributed by atoms with Crippen LogP contribution in [0.4, 0.5) is 5.69 Å². The van der Waals surface area contributed by atoms with E-state index in [1.54, 1.807) is 26.0 Å². The van der Waals surface area contributed by atoms with Crippen LogP contribution in [-0.2, 0) is 9.59 Å². The predicted molar refractivity (Wildman–Crippen MR) is 58.5 cm³/mol. The molecule has 0 heterocycles. The molecule has 0 atom stereocenters. The summed E-state index contributed by atoms with van der Waals surface area (Å²) in [6, 6.07) is 3.28. The van der Waals surface area contributed by atoms with Gasteiger partial charge in [0.2, 0.25) is 5.91 Å². The molecule has 0 saturated carbocycles. The van der Waals surface area contributed by atoms with Crippen molar-refractivity contribution in [1.29, 1.82) is 0 Å². The topological polar surface area (TPSA) is 86.6 Å². The molecule has 1 aromatic carbocycles. The van der Waals surface area contributed by atoms with E-state index in [0.29, 0.717) is 16.8 Å². The Balaban J connectivity index is 2.86. The first-order chi connectivity index (χ1) is 7.41. The van der Waals surface area contributed by atoms with Crippen molar-refractivity contribution in [2.24, 2.45) is 0 Å². The molecule has 0 radical (unpaired) electrons. The molecular formula is C11H13NO4.